The maximum atomic E-state index is 12.1. The van der Waals surface area contributed by atoms with E-state index in [0.29, 0.717) is 0 Å². The van der Waals surface area contributed by atoms with Crippen LogP contribution in [0.15, 0.2) is 24.3 Å². The molecule has 0 saturated heterocycles. The summed E-state index contributed by atoms with van der Waals surface area (Å²) in [6.45, 7) is 0.341. The summed E-state index contributed by atoms with van der Waals surface area (Å²) in [6, 6.07) is 7.10. The Morgan fingerprint density at radius 3 is 2.48 bits per heavy atom. The predicted molar refractivity (Wildman–Crippen MR) is 80.7 cm³/mol. The zero-order valence-corrected chi connectivity index (χ0v) is 12.7. The molecular formula is C17H25F2NO. The van der Waals surface area contributed by atoms with Crippen LogP contribution in [-0.4, -0.2) is 13.2 Å². The van der Waals surface area contributed by atoms with Crippen LogP contribution in [0, 0.1) is 5.92 Å². The monoisotopic (exact) mass is 297 g/mol. The Morgan fingerprint density at radius 1 is 1.19 bits per heavy atom. The van der Waals surface area contributed by atoms with E-state index >= 15 is 0 Å². The lowest BCUT2D eigenvalue weighted by Gasteiger charge is -2.16. The first-order valence-electron chi connectivity index (χ1n) is 7.93. The van der Waals surface area contributed by atoms with Crippen molar-refractivity contribution in [2.45, 2.75) is 58.1 Å². The number of ether oxygens (including phenoxy) is 1. The lowest BCUT2D eigenvalue weighted by Crippen LogP contribution is -2.20. The van der Waals surface area contributed by atoms with Crippen molar-refractivity contribution in [3.8, 4) is 5.75 Å². The standard InChI is InChI=1S/C17H25F2NO/c1-13(20-12-4-7-14-5-2-3-6-14)15-8-10-16(11-9-15)21-17(18)19/h8-11,13-14,17,20H,2-7,12H2,1H3. The maximum Gasteiger partial charge on any atom is 0.387 e. The summed E-state index contributed by atoms with van der Waals surface area (Å²) in [7, 11) is 0. The molecule has 0 aromatic heterocycles. The Balaban J connectivity index is 1.68. The first kappa shape index (κ1) is 16.2. The van der Waals surface area contributed by atoms with Gasteiger partial charge >= 0.3 is 6.61 Å². The molecule has 1 aromatic carbocycles. The molecule has 1 fully saturated rings. The van der Waals surface area contributed by atoms with E-state index in [1.807, 2.05) is 12.1 Å². The van der Waals surface area contributed by atoms with Crippen molar-refractivity contribution >= 4 is 0 Å². The second kappa shape index (κ2) is 8.32. The van der Waals surface area contributed by atoms with Crippen molar-refractivity contribution in [3.63, 3.8) is 0 Å². The second-order valence-electron chi connectivity index (χ2n) is 5.92. The molecule has 1 unspecified atom stereocenters. The van der Waals surface area contributed by atoms with Crippen LogP contribution in [0.4, 0.5) is 8.78 Å². The quantitative estimate of drug-likeness (QED) is 0.688. The van der Waals surface area contributed by atoms with Crippen molar-refractivity contribution in [3.05, 3.63) is 29.8 Å². The highest BCUT2D eigenvalue weighted by atomic mass is 19.3. The summed E-state index contributed by atoms with van der Waals surface area (Å²) in [4.78, 5) is 0. The fraction of sp³-hybridized carbons (Fsp3) is 0.647. The highest BCUT2D eigenvalue weighted by Crippen LogP contribution is 2.28. The molecule has 0 heterocycles. The third-order valence-electron chi connectivity index (χ3n) is 4.32. The molecule has 118 valence electrons. The van der Waals surface area contributed by atoms with Gasteiger partial charge in [-0.3, -0.25) is 0 Å². The molecule has 2 nitrogen and oxygen atoms in total. The van der Waals surface area contributed by atoms with E-state index in [0.717, 1.165) is 18.0 Å². The van der Waals surface area contributed by atoms with Crippen molar-refractivity contribution < 1.29 is 13.5 Å². The van der Waals surface area contributed by atoms with E-state index < -0.39 is 6.61 Å². The van der Waals surface area contributed by atoms with Gasteiger partial charge < -0.3 is 10.1 Å². The zero-order chi connectivity index (χ0) is 15.1. The smallest absolute Gasteiger partial charge is 0.387 e. The summed E-state index contributed by atoms with van der Waals surface area (Å²) in [5.41, 5.74) is 1.09. The molecule has 1 N–H and O–H groups in total. The molecular weight excluding hydrogens is 272 g/mol. The Labute approximate surface area is 125 Å². The molecule has 1 atom stereocenters. The summed E-state index contributed by atoms with van der Waals surface area (Å²) >= 11 is 0. The Morgan fingerprint density at radius 2 is 1.86 bits per heavy atom. The molecule has 1 aliphatic rings. The summed E-state index contributed by atoms with van der Waals surface area (Å²) in [6.07, 6.45) is 8.15. The number of hydrogen-bond donors (Lipinski definition) is 1. The van der Waals surface area contributed by atoms with E-state index in [-0.39, 0.29) is 11.8 Å². The molecule has 1 saturated carbocycles. The van der Waals surface area contributed by atoms with E-state index in [9.17, 15) is 8.78 Å². The lowest BCUT2D eigenvalue weighted by atomic mass is 10.0. The zero-order valence-electron chi connectivity index (χ0n) is 12.7. The first-order valence-corrected chi connectivity index (χ1v) is 7.93. The third-order valence-corrected chi connectivity index (χ3v) is 4.32. The SMILES string of the molecule is CC(NCCCC1CCCC1)c1ccc(OC(F)F)cc1. The number of nitrogens with one attached hydrogen (secondary N) is 1. The fourth-order valence-electron chi connectivity index (χ4n) is 3.06. The van der Waals surface area contributed by atoms with Crippen LogP contribution < -0.4 is 10.1 Å². The van der Waals surface area contributed by atoms with Gasteiger partial charge in [-0.25, -0.2) is 0 Å². The third kappa shape index (κ3) is 5.62. The van der Waals surface area contributed by atoms with Gasteiger partial charge in [-0.2, -0.15) is 8.78 Å². The molecule has 0 radical (unpaired) electrons. The molecule has 21 heavy (non-hydrogen) atoms. The highest BCUT2D eigenvalue weighted by molar-refractivity contribution is 5.28. The molecule has 2 rings (SSSR count). The molecule has 4 heteroatoms. The van der Waals surface area contributed by atoms with Gasteiger partial charge in [0.05, 0.1) is 0 Å². The molecule has 1 aliphatic carbocycles. The van der Waals surface area contributed by atoms with Gasteiger partial charge in [0.15, 0.2) is 0 Å². The van der Waals surface area contributed by atoms with E-state index in [1.54, 1.807) is 12.1 Å². The summed E-state index contributed by atoms with van der Waals surface area (Å²) in [5.74, 6) is 1.15. The molecule has 0 amide bonds. The fourth-order valence-corrected chi connectivity index (χ4v) is 3.06. The Kier molecular flexibility index (Phi) is 6.43. The first-order chi connectivity index (χ1) is 10.1. The van der Waals surface area contributed by atoms with Crippen LogP contribution >= 0.6 is 0 Å². The highest BCUT2D eigenvalue weighted by Gasteiger charge is 2.14. The number of hydrogen-bond acceptors (Lipinski definition) is 2. The minimum absolute atomic E-state index is 0.210. The van der Waals surface area contributed by atoms with Crippen molar-refractivity contribution in [2.75, 3.05) is 6.54 Å². The van der Waals surface area contributed by atoms with Gasteiger partial charge in [0.25, 0.3) is 0 Å². The van der Waals surface area contributed by atoms with Crippen LogP contribution in [0.25, 0.3) is 0 Å². The van der Waals surface area contributed by atoms with Crippen LogP contribution in [0.5, 0.6) is 5.75 Å². The summed E-state index contributed by atoms with van der Waals surface area (Å²) in [5, 5.41) is 3.49. The molecule has 0 aliphatic heterocycles. The van der Waals surface area contributed by atoms with Crippen molar-refractivity contribution in [1.29, 1.82) is 0 Å². The van der Waals surface area contributed by atoms with Gasteiger partial charge in [-0.05, 0) is 49.9 Å². The van der Waals surface area contributed by atoms with E-state index in [2.05, 4.69) is 17.0 Å². The van der Waals surface area contributed by atoms with Gasteiger partial charge in [-0.1, -0.05) is 37.8 Å². The average molecular weight is 297 g/mol. The van der Waals surface area contributed by atoms with Crippen molar-refractivity contribution in [1.82, 2.24) is 5.32 Å². The Bertz CT molecular complexity index is 402. The van der Waals surface area contributed by atoms with E-state index in [1.165, 1.54) is 38.5 Å². The molecule has 0 spiro atoms. The van der Waals surface area contributed by atoms with Gasteiger partial charge in [0.2, 0.25) is 0 Å². The van der Waals surface area contributed by atoms with Gasteiger partial charge in [0, 0.05) is 6.04 Å². The largest absolute Gasteiger partial charge is 0.435 e. The maximum absolute atomic E-state index is 12.1. The van der Waals surface area contributed by atoms with Crippen LogP contribution in [0.1, 0.15) is 57.1 Å². The average Bonchev–Trinajstić information content (AvgIpc) is 2.97. The van der Waals surface area contributed by atoms with Crippen LogP contribution in [0.3, 0.4) is 0 Å². The number of benzene rings is 1. The van der Waals surface area contributed by atoms with Gasteiger partial charge in [0.1, 0.15) is 5.75 Å². The van der Waals surface area contributed by atoms with Crippen LogP contribution in [-0.2, 0) is 0 Å². The molecule has 0 bridgehead atoms. The van der Waals surface area contributed by atoms with Crippen molar-refractivity contribution in [2.24, 2.45) is 5.92 Å². The predicted octanol–water partition coefficient (Wildman–Crippen LogP) is 4.91. The van der Waals surface area contributed by atoms with Gasteiger partial charge in [-0.15, -0.1) is 0 Å². The number of alkyl halides is 2. The minimum Gasteiger partial charge on any atom is -0.435 e. The normalized spacial score (nSPS) is 17.3. The lowest BCUT2D eigenvalue weighted by molar-refractivity contribution is -0.0498. The van der Waals surface area contributed by atoms with Crippen LogP contribution in [0.2, 0.25) is 0 Å². The number of rotatable bonds is 8. The number of halogens is 2. The summed E-state index contributed by atoms with van der Waals surface area (Å²) < 4.78 is 28.5. The Hall–Kier alpha value is -1.16. The topological polar surface area (TPSA) is 21.3 Å². The second-order valence-corrected chi connectivity index (χ2v) is 5.92. The minimum atomic E-state index is -2.76. The van der Waals surface area contributed by atoms with E-state index in [4.69, 9.17) is 0 Å². The molecule has 1 aromatic rings.